The van der Waals surface area contributed by atoms with Crippen molar-refractivity contribution < 1.29 is 9.59 Å². The third kappa shape index (κ3) is 7.22. The summed E-state index contributed by atoms with van der Waals surface area (Å²) in [6.07, 6.45) is 0.473. The summed E-state index contributed by atoms with van der Waals surface area (Å²) in [5, 5.41) is 2.77. The van der Waals surface area contributed by atoms with E-state index in [1.807, 2.05) is 61.5 Å². The molecule has 3 aromatic carbocycles. The zero-order chi connectivity index (χ0) is 23.6. The van der Waals surface area contributed by atoms with Crippen LogP contribution in [0.4, 0.5) is 0 Å². The highest BCUT2D eigenvalue weighted by Crippen LogP contribution is 2.20. The summed E-state index contributed by atoms with van der Waals surface area (Å²) in [6, 6.07) is 25.7. The van der Waals surface area contributed by atoms with Crippen molar-refractivity contribution in [3.05, 3.63) is 107 Å². The summed E-state index contributed by atoms with van der Waals surface area (Å²) in [5.41, 5.74) is 5.60. The van der Waals surface area contributed by atoms with Crippen LogP contribution < -0.4 is 5.32 Å². The minimum atomic E-state index is -0.579. The highest BCUT2D eigenvalue weighted by Gasteiger charge is 2.29. The van der Waals surface area contributed by atoms with Gasteiger partial charge in [-0.2, -0.15) is 0 Å². The first-order chi connectivity index (χ1) is 16.0. The second kappa shape index (κ2) is 12.3. The first kappa shape index (κ1) is 24.6. The van der Waals surface area contributed by atoms with Crippen molar-refractivity contribution >= 4 is 23.6 Å². The van der Waals surface area contributed by atoms with Gasteiger partial charge in [0.05, 0.1) is 5.75 Å². The van der Waals surface area contributed by atoms with E-state index in [9.17, 15) is 9.59 Å². The van der Waals surface area contributed by atoms with E-state index in [1.54, 1.807) is 23.7 Å². The largest absolute Gasteiger partial charge is 0.357 e. The molecule has 3 aromatic rings. The van der Waals surface area contributed by atoms with E-state index in [1.165, 1.54) is 11.1 Å². The minimum Gasteiger partial charge on any atom is -0.357 e. The van der Waals surface area contributed by atoms with Gasteiger partial charge in [-0.3, -0.25) is 9.59 Å². The van der Waals surface area contributed by atoms with Crippen LogP contribution in [0.3, 0.4) is 0 Å². The van der Waals surface area contributed by atoms with Crippen LogP contribution in [0.2, 0.25) is 0 Å². The first-order valence-corrected chi connectivity index (χ1v) is 12.4. The van der Waals surface area contributed by atoms with Crippen LogP contribution in [-0.2, 0) is 28.3 Å². The Labute approximate surface area is 201 Å². The number of likely N-dealkylation sites (N-methyl/N-ethyl adjacent to an activating group) is 1. The van der Waals surface area contributed by atoms with Gasteiger partial charge in [0.2, 0.25) is 11.8 Å². The minimum absolute atomic E-state index is 0.0279. The maximum atomic E-state index is 13.5. The molecule has 0 bridgehead atoms. The molecule has 5 heteroatoms. The lowest BCUT2D eigenvalue weighted by Gasteiger charge is -2.31. The predicted molar refractivity (Wildman–Crippen MR) is 137 cm³/mol. The number of amides is 2. The van der Waals surface area contributed by atoms with E-state index >= 15 is 0 Å². The van der Waals surface area contributed by atoms with Crippen molar-refractivity contribution in [2.24, 2.45) is 0 Å². The molecule has 1 unspecified atom stereocenters. The molecule has 0 spiro atoms. The zero-order valence-electron chi connectivity index (χ0n) is 19.6. The van der Waals surface area contributed by atoms with Gasteiger partial charge in [0.15, 0.2) is 0 Å². The summed E-state index contributed by atoms with van der Waals surface area (Å²) >= 11 is 1.58. The number of thioether (sulfide) groups is 1. The van der Waals surface area contributed by atoms with Gasteiger partial charge >= 0.3 is 0 Å². The van der Waals surface area contributed by atoms with Crippen molar-refractivity contribution in [3.63, 3.8) is 0 Å². The van der Waals surface area contributed by atoms with Crippen LogP contribution in [0.15, 0.2) is 78.9 Å². The number of carbonyl (C=O) groups excluding carboxylic acids is 2. The third-order valence-corrected chi connectivity index (χ3v) is 6.72. The second-order valence-electron chi connectivity index (χ2n) is 8.25. The van der Waals surface area contributed by atoms with Gasteiger partial charge in [-0.25, -0.2) is 0 Å². The molecule has 1 atom stereocenters. The molecular weight excluding hydrogens is 428 g/mol. The maximum Gasteiger partial charge on any atom is 0.242 e. The molecule has 0 aliphatic heterocycles. The van der Waals surface area contributed by atoms with Crippen LogP contribution in [0, 0.1) is 13.8 Å². The van der Waals surface area contributed by atoms with Gasteiger partial charge in [0, 0.05) is 25.8 Å². The number of nitrogens with zero attached hydrogens (tertiary/aromatic N) is 1. The highest BCUT2D eigenvalue weighted by molar-refractivity contribution is 7.99. The molecule has 1 N–H and O–H groups in total. The topological polar surface area (TPSA) is 49.4 Å². The van der Waals surface area contributed by atoms with E-state index in [0.717, 1.165) is 22.4 Å². The van der Waals surface area contributed by atoms with Gasteiger partial charge in [-0.15, -0.1) is 11.8 Å². The fraction of sp³-hybridized carbons (Fsp3) is 0.286. The molecule has 3 rings (SSSR count). The van der Waals surface area contributed by atoms with Gasteiger partial charge in [0.1, 0.15) is 6.04 Å². The Kier molecular flexibility index (Phi) is 9.14. The maximum absolute atomic E-state index is 13.5. The normalized spacial score (nSPS) is 11.6. The van der Waals surface area contributed by atoms with Crippen molar-refractivity contribution in [2.45, 2.75) is 38.6 Å². The number of carbonyl (C=O) groups is 2. The quantitative estimate of drug-likeness (QED) is 0.467. The zero-order valence-corrected chi connectivity index (χ0v) is 20.4. The van der Waals surface area contributed by atoms with E-state index in [2.05, 4.69) is 36.5 Å². The molecule has 0 saturated heterocycles. The van der Waals surface area contributed by atoms with E-state index < -0.39 is 6.04 Å². The molecule has 0 aromatic heterocycles. The Balaban J connectivity index is 1.81. The van der Waals surface area contributed by atoms with Gasteiger partial charge < -0.3 is 10.2 Å². The lowest BCUT2D eigenvalue weighted by Crippen LogP contribution is -2.50. The van der Waals surface area contributed by atoms with Gasteiger partial charge in [-0.1, -0.05) is 84.4 Å². The Morgan fingerprint density at radius 2 is 1.55 bits per heavy atom. The van der Waals surface area contributed by atoms with E-state index in [4.69, 9.17) is 0 Å². The monoisotopic (exact) mass is 460 g/mol. The average Bonchev–Trinajstić information content (AvgIpc) is 2.83. The molecule has 0 aliphatic rings. The SMILES string of the molecule is CNC(=O)C(Cc1ccccc1)N(Cc1ccccc1C)C(=O)CSCc1ccc(C)cc1. The predicted octanol–water partition coefficient (Wildman–Crippen LogP) is 4.92. The van der Waals surface area contributed by atoms with Crippen LogP contribution in [0.5, 0.6) is 0 Å². The lowest BCUT2D eigenvalue weighted by molar-refractivity contribution is -0.139. The van der Waals surface area contributed by atoms with E-state index in [-0.39, 0.29) is 11.8 Å². The summed E-state index contributed by atoms with van der Waals surface area (Å²) in [4.78, 5) is 28.2. The average molecular weight is 461 g/mol. The molecule has 2 amide bonds. The fourth-order valence-electron chi connectivity index (χ4n) is 3.71. The van der Waals surface area contributed by atoms with Crippen LogP contribution in [0.25, 0.3) is 0 Å². The molecule has 0 heterocycles. The molecule has 0 saturated carbocycles. The molecule has 4 nitrogen and oxygen atoms in total. The standard InChI is InChI=1S/C28H32N2O2S/c1-21-13-15-24(16-14-21)19-33-20-27(31)30(18-25-12-8-7-9-22(25)2)26(28(32)29-3)17-23-10-5-4-6-11-23/h4-16,26H,17-20H2,1-3H3,(H,29,32). The fourth-order valence-corrected chi connectivity index (χ4v) is 4.59. The molecule has 0 fully saturated rings. The third-order valence-electron chi connectivity index (χ3n) is 5.73. The number of aryl methyl sites for hydroxylation is 2. The summed E-state index contributed by atoms with van der Waals surface area (Å²) in [5.74, 6) is 0.902. The Hall–Kier alpha value is -3.05. The number of rotatable bonds is 10. The van der Waals surface area contributed by atoms with Crippen molar-refractivity contribution in [1.82, 2.24) is 10.2 Å². The highest BCUT2D eigenvalue weighted by atomic mass is 32.2. The first-order valence-electron chi connectivity index (χ1n) is 11.2. The number of hydrogen-bond acceptors (Lipinski definition) is 3. The van der Waals surface area contributed by atoms with Crippen molar-refractivity contribution in [2.75, 3.05) is 12.8 Å². The molecule has 33 heavy (non-hydrogen) atoms. The van der Waals surface area contributed by atoms with Crippen LogP contribution in [0.1, 0.15) is 27.8 Å². The Morgan fingerprint density at radius 3 is 2.21 bits per heavy atom. The summed E-state index contributed by atoms with van der Waals surface area (Å²) in [6.45, 7) is 4.51. The number of hydrogen-bond donors (Lipinski definition) is 1. The summed E-state index contributed by atoms with van der Waals surface area (Å²) in [7, 11) is 1.63. The van der Waals surface area contributed by atoms with Crippen LogP contribution in [-0.4, -0.2) is 35.6 Å². The van der Waals surface area contributed by atoms with Crippen LogP contribution >= 0.6 is 11.8 Å². The molecule has 0 radical (unpaired) electrons. The number of benzene rings is 3. The molecular formula is C28H32N2O2S. The van der Waals surface area contributed by atoms with E-state index in [0.29, 0.717) is 18.7 Å². The van der Waals surface area contributed by atoms with Gasteiger partial charge in [-0.05, 0) is 36.1 Å². The van der Waals surface area contributed by atoms with Gasteiger partial charge in [0.25, 0.3) is 0 Å². The lowest BCUT2D eigenvalue weighted by atomic mass is 10.0. The number of nitrogens with one attached hydrogen (secondary N) is 1. The Bertz CT molecular complexity index is 1050. The molecule has 0 aliphatic carbocycles. The summed E-state index contributed by atoms with van der Waals surface area (Å²) < 4.78 is 0. The molecule has 172 valence electrons. The Morgan fingerprint density at radius 1 is 0.879 bits per heavy atom. The van der Waals surface area contributed by atoms with Crippen molar-refractivity contribution in [3.8, 4) is 0 Å². The smallest absolute Gasteiger partial charge is 0.242 e. The second-order valence-corrected chi connectivity index (χ2v) is 9.23. The van der Waals surface area contributed by atoms with Crippen molar-refractivity contribution in [1.29, 1.82) is 0 Å².